The Balaban J connectivity index is 2.24. The highest BCUT2D eigenvalue weighted by Crippen LogP contribution is 2.05. The van der Waals surface area contributed by atoms with Crippen LogP contribution in [0.15, 0.2) is 47.5 Å². The standard InChI is InChI=1S/C11H12NO/c1-10-4-2-3-5-11(10)8-12-6-7-13-9-12/h2-7,9H,8H2,1H3/q+1. The first kappa shape index (κ1) is 8.05. The minimum atomic E-state index is 0.878. The molecule has 1 aromatic heterocycles. The fourth-order valence-electron chi connectivity index (χ4n) is 1.34. The third-order valence-electron chi connectivity index (χ3n) is 2.14. The third kappa shape index (κ3) is 1.78. The Morgan fingerprint density at radius 1 is 1.31 bits per heavy atom. The summed E-state index contributed by atoms with van der Waals surface area (Å²) in [6.07, 6.45) is 5.32. The van der Waals surface area contributed by atoms with E-state index >= 15 is 0 Å². The molecule has 0 unspecified atom stereocenters. The van der Waals surface area contributed by atoms with Crippen LogP contribution in [0, 0.1) is 6.92 Å². The van der Waals surface area contributed by atoms with Gasteiger partial charge in [-0.2, -0.15) is 4.57 Å². The number of rotatable bonds is 2. The number of hydrogen-bond donors (Lipinski definition) is 0. The molecule has 0 amide bonds. The Hall–Kier alpha value is -1.57. The Bertz CT molecular complexity index is 379. The van der Waals surface area contributed by atoms with E-state index in [9.17, 15) is 0 Å². The maximum atomic E-state index is 4.99. The molecule has 1 heterocycles. The van der Waals surface area contributed by atoms with Gasteiger partial charge in [0.1, 0.15) is 0 Å². The topological polar surface area (TPSA) is 17.0 Å². The molecule has 0 bridgehead atoms. The Morgan fingerprint density at radius 3 is 2.85 bits per heavy atom. The molecule has 0 N–H and O–H groups in total. The minimum Gasteiger partial charge on any atom is -0.412 e. The first-order chi connectivity index (χ1) is 6.36. The largest absolute Gasteiger partial charge is 0.412 e. The summed E-state index contributed by atoms with van der Waals surface area (Å²) in [5.41, 5.74) is 2.64. The Morgan fingerprint density at radius 2 is 2.15 bits per heavy atom. The highest BCUT2D eigenvalue weighted by molar-refractivity contribution is 5.24. The second-order valence-electron chi connectivity index (χ2n) is 3.13. The van der Waals surface area contributed by atoms with Crippen LogP contribution >= 0.6 is 0 Å². The molecule has 66 valence electrons. The number of hydrogen-bond acceptors (Lipinski definition) is 1. The van der Waals surface area contributed by atoms with Crippen LogP contribution in [0.4, 0.5) is 0 Å². The molecular formula is C11H12NO+. The van der Waals surface area contributed by atoms with E-state index in [1.807, 2.05) is 10.8 Å². The Labute approximate surface area is 77.4 Å². The lowest BCUT2D eigenvalue weighted by molar-refractivity contribution is -0.691. The van der Waals surface area contributed by atoms with Gasteiger partial charge in [0.25, 0.3) is 0 Å². The Kier molecular flexibility index (Phi) is 2.13. The van der Waals surface area contributed by atoms with Crippen molar-refractivity contribution < 1.29 is 8.98 Å². The first-order valence-electron chi connectivity index (χ1n) is 4.32. The molecule has 0 saturated heterocycles. The number of nitrogens with zero attached hydrogens (tertiary/aromatic N) is 1. The van der Waals surface area contributed by atoms with E-state index < -0.39 is 0 Å². The second kappa shape index (κ2) is 3.44. The molecule has 0 aliphatic rings. The van der Waals surface area contributed by atoms with Crippen LogP contribution in [0.5, 0.6) is 0 Å². The maximum Gasteiger partial charge on any atom is 0.334 e. The maximum absolute atomic E-state index is 4.99. The van der Waals surface area contributed by atoms with Gasteiger partial charge >= 0.3 is 6.39 Å². The lowest BCUT2D eigenvalue weighted by Gasteiger charge is -1.98. The molecule has 0 aliphatic heterocycles. The zero-order valence-corrected chi connectivity index (χ0v) is 7.60. The number of benzene rings is 1. The third-order valence-corrected chi connectivity index (χ3v) is 2.14. The SMILES string of the molecule is Cc1ccccc1C[n+]1ccoc1. The van der Waals surface area contributed by atoms with Gasteiger partial charge in [-0.15, -0.1) is 0 Å². The molecule has 0 saturated carbocycles. The highest BCUT2D eigenvalue weighted by Gasteiger charge is 2.04. The lowest BCUT2D eigenvalue weighted by Crippen LogP contribution is -2.30. The van der Waals surface area contributed by atoms with Gasteiger partial charge in [-0.25, -0.2) is 0 Å². The molecule has 0 spiro atoms. The van der Waals surface area contributed by atoms with Gasteiger partial charge in [-0.3, -0.25) is 0 Å². The summed E-state index contributed by atoms with van der Waals surface area (Å²) in [7, 11) is 0. The van der Waals surface area contributed by atoms with Crippen molar-refractivity contribution >= 4 is 0 Å². The van der Waals surface area contributed by atoms with E-state index in [0.717, 1.165) is 6.54 Å². The van der Waals surface area contributed by atoms with Crippen LogP contribution in [0.25, 0.3) is 0 Å². The molecule has 0 atom stereocenters. The average Bonchev–Trinajstić information content (AvgIpc) is 2.61. The molecule has 2 aromatic rings. The smallest absolute Gasteiger partial charge is 0.334 e. The van der Waals surface area contributed by atoms with Crippen molar-refractivity contribution in [2.24, 2.45) is 0 Å². The molecule has 2 rings (SSSR count). The van der Waals surface area contributed by atoms with E-state index in [2.05, 4.69) is 31.2 Å². The molecule has 2 heteroatoms. The first-order valence-corrected chi connectivity index (χ1v) is 4.32. The van der Waals surface area contributed by atoms with Gasteiger partial charge in [0, 0.05) is 5.56 Å². The molecule has 0 radical (unpaired) electrons. The number of oxazole rings is 1. The van der Waals surface area contributed by atoms with Gasteiger partial charge < -0.3 is 4.42 Å². The van der Waals surface area contributed by atoms with Crippen molar-refractivity contribution in [1.29, 1.82) is 0 Å². The van der Waals surface area contributed by atoms with Crippen LogP contribution in [-0.2, 0) is 6.54 Å². The van der Waals surface area contributed by atoms with Crippen LogP contribution in [0.1, 0.15) is 11.1 Å². The van der Waals surface area contributed by atoms with E-state index in [0.29, 0.717) is 0 Å². The minimum absolute atomic E-state index is 0.878. The van der Waals surface area contributed by atoms with Crippen LogP contribution in [-0.4, -0.2) is 0 Å². The predicted octanol–water partition coefficient (Wildman–Crippen LogP) is 1.92. The summed E-state index contributed by atoms with van der Waals surface area (Å²) in [5, 5.41) is 0. The monoisotopic (exact) mass is 174 g/mol. The summed E-state index contributed by atoms with van der Waals surface area (Å²) < 4.78 is 7.01. The van der Waals surface area contributed by atoms with Crippen LogP contribution < -0.4 is 4.57 Å². The van der Waals surface area contributed by atoms with E-state index in [4.69, 9.17) is 4.42 Å². The molecule has 0 fully saturated rings. The van der Waals surface area contributed by atoms with E-state index in [1.54, 1.807) is 12.7 Å². The summed E-state index contributed by atoms with van der Waals surface area (Å²) in [6.45, 7) is 3.00. The van der Waals surface area contributed by atoms with Gasteiger partial charge in [0.05, 0.1) is 0 Å². The van der Waals surface area contributed by atoms with Crippen LogP contribution in [0.3, 0.4) is 0 Å². The normalized spacial score (nSPS) is 10.2. The van der Waals surface area contributed by atoms with Crippen molar-refractivity contribution in [2.45, 2.75) is 13.5 Å². The summed E-state index contributed by atoms with van der Waals surface area (Å²) >= 11 is 0. The summed E-state index contributed by atoms with van der Waals surface area (Å²) in [5.74, 6) is 0. The molecular weight excluding hydrogens is 162 g/mol. The molecule has 2 nitrogen and oxygen atoms in total. The number of aromatic nitrogens is 1. The lowest BCUT2D eigenvalue weighted by atomic mass is 10.1. The van der Waals surface area contributed by atoms with Crippen molar-refractivity contribution in [3.63, 3.8) is 0 Å². The molecule has 13 heavy (non-hydrogen) atoms. The fourth-order valence-corrected chi connectivity index (χ4v) is 1.34. The fraction of sp³-hybridized carbons (Fsp3) is 0.182. The number of aryl methyl sites for hydroxylation is 1. The molecule has 1 aromatic carbocycles. The van der Waals surface area contributed by atoms with Crippen molar-refractivity contribution in [2.75, 3.05) is 0 Å². The summed E-state index contributed by atoms with van der Waals surface area (Å²) in [4.78, 5) is 0. The van der Waals surface area contributed by atoms with Gasteiger partial charge in [-0.1, -0.05) is 24.3 Å². The average molecular weight is 174 g/mol. The zero-order valence-electron chi connectivity index (χ0n) is 7.60. The van der Waals surface area contributed by atoms with Crippen molar-refractivity contribution in [3.05, 3.63) is 54.2 Å². The predicted molar refractivity (Wildman–Crippen MR) is 49.2 cm³/mol. The van der Waals surface area contributed by atoms with Crippen LogP contribution in [0.2, 0.25) is 0 Å². The van der Waals surface area contributed by atoms with Crippen molar-refractivity contribution in [3.8, 4) is 0 Å². The van der Waals surface area contributed by atoms with Gasteiger partial charge in [0.15, 0.2) is 12.8 Å². The zero-order chi connectivity index (χ0) is 9.10. The highest BCUT2D eigenvalue weighted by atomic mass is 16.3. The van der Waals surface area contributed by atoms with Gasteiger partial charge in [0.2, 0.25) is 6.20 Å². The van der Waals surface area contributed by atoms with Gasteiger partial charge in [-0.05, 0) is 12.5 Å². The summed E-state index contributed by atoms with van der Waals surface area (Å²) in [6, 6.07) is 8.37. The quantitative estimate of drug-likeness (QED) is 0.636. The van der Waals surface area contributed by atoms with Crippen molar-refractivity contribution in [1.82, 2.24) is 0 Å². The second-order valence-corrected chi connectivity index (χ2v) is 3.13. The molecule has 0 aliphatic carbocycles. The van der Waals surface area contributed by atoms with E-state index in [1.165, 1.54) is 11.1 Å². The van der Waals surface area contributed by atoms with E-state index in [-0.39, 0.29) is 0 Å².